The Hall–Kier alpha value is -2.04. The van der Waals surface area contributed by atoms with Gasteiger partial charge in [0.1, 0.15) is 0 Å². The molecular weight excluding hydrogens is 386 g/mol. The average molecular weight is 411 g/mol. The zero-order chi connectivity index (χ0) is 20.3. The van der Waals surface area contributed by atoms with Gasteiger partial charge in [0.25, 0.3) is 5.69 Å². The molecule has 2 aliphatic rings. The van der Waals surface area contributed by atoms with E-state index in [2.05, 4.69) is 5.32 Å². The summed E-state index contributed by atoms with van der Waals surface area (Å²) in [5.74, 6) is -0.679. The van der Waals surface area contributed by atoms with E-state index in [0.717, 1.165) is 0 Å². The van der Waals surface area contributed by atoms with Crippen LogP contribution in [0.5, 0.6) is 0 Å². The number of benzene rings is 1. The molecule has 1 amide bonds. The topological polar surface area (TPSA) is 130 Å². The number of rotatable bonds is 5. The number of carbonyl (C=O) groups is 1. The van der Waals surface area contributed by atoms with Gasteiger partial charge in [-0.1, -0.05) is 12.1 Å². The van der Waals surface area contributed by atoms with Crippen molar-refractivity contribution in [3.05, 3.63) is 34.4 Å². The molecule has 0 bridgehead atoms. The first kappa shape index (κ1) is 20.7. The second kappa shape index (κ2) is 8.54. The fourth-order valence-corrected chi connectivity index (χ4v) is 5.56. The van der Waals surface area contributed by atoms with E-state index >= 15 is 0 Å². The van der Waals surface area contributed by atoms with Crippen LogP contribution in [0.1, 0.15) is 38.5 Å². The van der Waals surface area contributed by atoms with Gasteiger partial charge in [-0.25, -0.2) is 8.42 Å². The van der Waals surface area contributed by atoms with E-state index in [1.165, 1.54) is 28.6 Å². The third-order valence-electron chi connectivity index (χ3n) is 5.48. The van der Waals surface area contributed by atoms with Crippen LogP contribution in [0.15, 0.2) is 29.2 Å². The lowest BCUT2D eigenvalue weighted by atomic mass is 9.92. The number of aliphatic hydroxyl groups excluding tert-OH is 1. The first-order valence-electron chi connectivity index (χ1n) is 9.51. The van der Waals surface area contributed by atoms with Gasteiger partial charge >= 0.3 is 0 Å². The van der Waals surface area contributed by atoms with Crippen LogP contribution in [-0.4, -0.2) is 53.9 Å². The van der Waals surface area contributed by atoms with Crippen molar-refractivity contribution >= 4 is 21.6 Å². The second-order valence-corrected chi connectivity index (χ2v) is 9.35. The van der Waals surface area contributed by atoms with Gasteiger partial charge < -0.3 is 10.4 Å². The van der Waals surface area contributed by atoms with Crippen molar-refractivity contribution in [2.24, 2.45) is 5.92 Å². The third-order valence-corrected chi connectivity index (χ3v) is 7.39. The zero-order valence-corrected chi connectivity index (χ0v) is 16.3. The summed E-state index contributed by atoms with van der Waals surface area (Å²) in [6.45, 7) is 0.239. The van der Waals surface area contributed by atoms with Crippen LogP contribution in [-0.2, 0) is 14.8 Å². The van der Waals surface area contributed by atoms with Crippen molar-refractivity contribution in [1.29, 1.82) is 0 Å². The Balaban J connectivity index is 1.70. The normalized spacial score (nSPS) is 26.5. The molecular formula is C18H25N3O6S. The maximum absolute atomic E-state index is 13.0. The molecule has 2 N–H and O–H groups in total. The number of amides is 1. The van der Waals surface area contributed by atoms with E-state index < -0.39 is 26.6 Å². The van der Waals surface area contributed by atoms with Gasteiger partial charge in [-0.2, -0.15) is 4.31 Å². The monoisotopic (exact) mass is 411 g/mol. The molecule has 0 spiro atoms. The van der Waals surface area contributed by atoms with Gasteiger partial charge in [0.2, 0.25) is 15.9 Å². The molecule has 28 heavy (non-hydrogen) atoms. The van der Waals surface area contributed by atoms with Crippen molar-refractivity contribution in [3.63, 3.8) is 0 Å². The number of nitrogens with zero attached hydrogens (tertiary/aromatic N) is 2. The quantitative estimate of drug-likeness (QED) is 0.557. The summed E-state index contributed by atoms with van der Waals surface area (Å²) >= 11 is 0. The summed E-state index contributed by atoms with van der Waals surface area (Å²) in [6.07, 6.45) is 3.48. The van der Waals surface area contributed by atoms with Crippen LogP contribution in [0.3, 0.4) is 0 Å². The van der Waals surface area contributed by atoms with Crippen molar-refractivity contribution in [2.75, 3.05) is 13.1 Å². The van der Waals surface area contributed by atoms with Gasteiger partial charge in [-0.05, 0) is 44.6 Å². The number of piperidine rings is 1. The highest BCUT2D eigenvalue weighted by Crippen LogP contribution is 2.30. The lowest BCUT2D eigenvalue weighted by molar-refractivity contribution is -0.387. The van der Waals surface area contributed by atoms with Crippen molar-refractivity contribution in [3.8, 4) is 0 Å². The lowest BCUT2D eigenvalue weighted by Gasteiger charge is -2.33. The fraction of sp³-hybridized carbons (Fsp3) is 0.611. The van der Waals surface area contributed by atoms with Gasteiger partial charge in [0.05, 0.1) is 16.9 Å². The van der Waals surface area contributed by atoms with Crippen LogP contribution in [0.4, 0.5) is 5.69 Å². The van der Waals surface area contributed by atoms with Crippen LogP contribution >= 0.6 is 0 Å². The molecule has 1 saturated heterocycles. The first-order valence-corrected chi connectivity index (χ1v) is 10.9. The molecule has 1 atom stereocenters. The number of sulfonamides is 1. The molecule has 1 aliphatic heterocycles. The molecule has 9 nitrogen and oxygen atoms in total. The highest BCUT2D eigenvalue weighted by Gasteiger charge is 2.37. The molecule has 1 aliphatic carbocycles. The molecule has 10 heteroatoms. The van der Waals surface area contributed by atoms with E-state index in [-0.39, 0.29) is 36.0 Å². The Labute approximate surface area is 163 Å². The summed E-state index contributed by atoms with van der Waals surface area (Å²) in [5.41, 5.74) is -0.463. The smallest absolute Gasteiger partial charge is 0.289 e. The molecule has 154 valence electrons. The summed E-state index contributed by atoms with van der Waals surface area (Å²) in [7, 11) is -4.07. The molecule has 3 rings (SSSR count). The average Bonchev–Trinajstić information content (AvgIpc) is 2.69. The molecule has 1 saturated carbocycles. The van der Waals surface area contributed by atoms with Crippen LogP contribution in [0, 0.1) is 16.0 Å². The summed E-state index contributed by atoms with van der Waals surface area (Å²) in [6, 6.07) is 5.26. The second-order valence-electron chi connectivity index (χ2n) is 7.44. The number of para-hydroxylation sites is 1. The minimum Gasteiger partial charge on any atom is -0.393 e. The van der Waals surface area contributed by atoms with E-state index in [4.69, 9.17) is 0 Å². The van der Waals surface area contributed by atoms with Gasteiger partial charge in [-0.3, -0.25) is 14.9 Å². The minimum absolute atomic E-state index is 0.00176. The van der Waals surface area contributed by atoms with Gasteiger partial charge in [-0.15, -0.1) is 0 Å². The third kappa shape index (κ3) is 4.50. The maximum Gasteiger partial charge on any atom is 0.289 e. The Kier molecular flexibility index (Phi) is 6.31. The fourth-order valence-electron chi connectivity index (χ4n) is 3.88. The predicted octanol–water partition coefficient (Wildman–Crippen LogP) is 1.42. The highest BCUT2D eigenvalue weighted by molar-refractivity contribution is 7.89. The van der Waals surface area contributed by atoms with E-state index in [1.54, 1.807) is 0 Å². The Morgan fingerprint density at radius 3 is 2.54 bits per heavy atom. The van der Waals surface area contributed by atoms with E-state index in [0.29, 0.717) is 38.5 Å². The number of aliphatic hydroxyl groups is 1. The van der Waals surface area contributed by atoms with Crippen molar-refractivity contribution < 1.29 is 23.2 Å². The number of nitro benzene ring substituents is 1. The SMILES string of the molecule is O=C(NC1CCC(O)CC1)[C@H]1CCCN(S(=O)(=O)c2ccccc2[N+](=O)[O-])C1. The number of carbonyl (C=O) groups excluding carboxylic acids is 1. The molecule has 1 aromatic rings. The van der Waals surface area contributed by atoms with Crippen LogP contribution in [0.25, 0.3) is 0 Å². The highest BCUT2D eigenvalue weighted by atomic mass is 32.2. The lowest BCUT2D eigenvalue weighted by Crippen LogP contribution is -2.48. The summed E-state index contributed by atoms with van der Waals surface area (Å²) in [4.78, 5) is 22.8. The van der Waals surface area contributed by atoms with E-state index in [9.17, 15) is 28.4 Å². The van der Waals surface area contributed by atoms with Crippen molar-refractivity contribution in [2.45, 2.75) is 55.6 Å². The van der Waals surface area contributed by atoms with Crippen LogP contribution in [0.2, 0.25) is 0 Å². The first-order chi connectivity index (χ1) is 13.3. The van der Waals surface area contributed by atoms with Crippen molar-refractivity contribution in [1.82, 2.24) is 9.62 Å². The maximum atomic E-state index is 13.0. The number of hydrogen-bond donors (Lipinski definition) is 2. The summed E-state index contributed by atoms with van der Waals surface area (Å²) in [5, 5.41) is 23.7. The summed E-state index contributed by atoms with van der Waals surface area (Å²) < 4.78 is 27.1. The largest absolute Gasteiger partial charge is 0.393 e. The Morgan fingerprint density at radius 2 is 1.86 bits per heavy atom. The molecule has 0 radical (unpaired) electrons. The van der Waals surface area contributed by atoms with Gasteiger partial charge in [0.15, 0.2) is 4.90 Å². The molecule has 1 aromatic carbocycles. The molecule has 1 heterocycles. The number of nitro groups is 1. The predicted molar refractivity (Wildman–Crippen MR) is 101 cm³/mol. The number of hydrogen-bond acceptors (Lipinski definition) is 6. The standard InChI is InChI=1S/C18H25N3O6S/c22-15-9-7-14(8-10-15)19-18(23)13-4-3-11-20(12-13)28(26,27)17-6-2-1-5-16(17)21(24)25/h1-2,5-6,13-15,22H,3-4,7-12H2,(H,19,23)/t13-,14?,15?/m0/s1. The molecule has 0 unspecified atom stereocenters. The van der Waals surface area contributed by atoms with E-state index in [1.807, 2.05) is 0 Å². The Morgan fingerprint density at radius 1 is 1.18 bits per heavy atom. The molecule has 2 fully saturated rings. The molecule has 0 aromatic heterocycles. The Bertz CT molecular complexity index is 835. The van der Waals surface area contributed by atoms with Crippen LogP contribution < -0.4 is 5.32 Å². The number of nitrogens with one attached hydrogen (secondary N) is 1. The van der Waals surface area contributed by atoms with Gasteiger partial charge in [0, 0.05) is 25.2 Å². The zero-order valence-electron chi connectivity index (χ0n) is 15.5. The minimum atomic E-state index is -4.07.